The quantitative estimate of drug-likeness (QED) is 0.769. The number of ether oxygens (including phenoxy) is 2. The summed E-state index contributed by atoms with van der Waals surface area (Å²) >= 11 is 0. The number of nitrogens with zero attached hydrogens (tertiary/aromatic N) is 1. The van der Waals surface area contributed by atoms with Gasteiger partial charge in [0.25, 0.3) is 0 Å². The molecule has 0 aromatic heterocycles. The van der Waals surface area contributed by atoms with Crippen molar-refractivity contribution in [1.29, 1.82) is 0 Å². The smallest absolute Gasteiger partial charge is 0.225 e. The second kappa shape index (κ2) is 6.23. The van der Waals surface area contributed by atoms with Crippen LogP contribution in [0.5, 0.6) is 11.5 Å². The largest absolute Gasteiger partial charge is 0.497 e. The first-order valence-corrected chi connectivity index (χ1v) is 8.48. The van der Waals surface area contributed by atoms with E-state index >= 15 is 0 Å². The summed E-state index contributed by atoms with van der Waals surface area (Å²) < 4.78 is 11.6. The molecule has 1 atom stereocenters. The number of aliphatic imine (C=N–C) groups is 1. The molecule has 4 heteroatoms. The molecule has 0 fully saturated rings. The Morgan fingerprint density at radius 2 is 1.65 bits per heavy atom. The zero-order valence-corrected chi connectivity index (χ0v) is 14.8. The highest BCUT2D eigenvalue weighted by Crippen LogP contribution is 2.37. The van der Waals surface area contributed by atoms with Crippen LogP contribution in [0.4, 0.5) is 0 Å². The van der Waals surface area contributed by atoms with Gasteiger partial charge in [-0.3, -0.25) is 0 Å². The van der Waals surface area contributed by atoms with E-state index in [2.05, 4.69) is 23.2 Å². The summed E-state index contributed by atoms with van der Waals surface area (Å²) in [6.07, 6.45) is 0. The maximum absolute atomic E-state index is 6.22. The van der Waals surface area contributed by atoms with Gasteiger partial charge in [-0.25, -0.2) is 4.99 Å². The molecule has 0 spiro atoms. The topological polar surface area (TPSA) is 56.8 Å². The lowest BCUT2D eigenvalue weighted by Gasteiger charge is -2.32. The van der Waals surface area contributed by atoms with Gasteiger partial charge < -0.3 is 15.2 Å². The van der Waals surface area contributed by atoms with Crippen molar-refractivity contribution in [3.63, 3.8) is 0 Å². The van der Waals surface area contributed by atoms with Crippen LogP contribution >= 0.6 is 0 Å². The Labute approximate surface area is 152 Å². The molecule has 26 heavy (non-hydrogen) atoms. The molecular formula is C22H20N2O2. The maximum atomic E-state index is 6.22. The standard InChI is InChI=1S/C22H20N2O2/c1-22(24-21(23)19-11-3-4-12-20(19)26-22)17-9-5-7-15(13-17)16-8-6-10-18(14-16)25-2/h3-14H,1-2H3,(H2,23,24). The summed E-state index contributed by atoms with van der Waals surface area (Å²) in [5.41, 5.74) is 9.24. The van der Waals surface area contributed by atoms with Crippen LogP contribution in [-0.2, 0) is 5.72 Å². The van der Waals surface area contributed by atoms with E-state index < -0.39 is 5.72 Å². The highest BCUT2D eigenvalue weighted by Gasteiger charge is 2.33. The number of hydrogen-bond acceptors (Lipinski definition) is 4. The monoisotopic (exact) mass is 344 g/mol. The number of amidine groups is 1. The van der Waals surface area contributed by atoms with E-state index in [1.165, 1.54) is 0 Å². The fourth-order valence-corrected chi connectivity index (χ4v) is 3.21. The molecule has 2 N–H and O–H groups in total. The Morgan fingerprint density at radius 1 is 0.923 bits per heavy atom. The molecule has 3 aromatic rings. The third kappa shape index (κ3) is 2.80. The van der Waals surface area contributed by atoms with E-state index in [4.69, 9.17) is 15.2 Å². The number of methoxy groups -OCH3 is 1. The molecule has 0 amide bonds. The molecular weight excluding hydrogens is 324 g/mol. The fraction of sp³-hybridized carbons (Fsp3) is 0.136. The molecule has 1 aliphatic heterocycles. The third-order valence-electron chi connectivity index (χ3n) is 4.61. The van der Waals surface area contributed by atoms with Crippen LogP contribution in [0.2, 0.25) is 0 Å². The van der Waals surface area contributed by atoms with Gasteiger partial charge in [-0.05, 0) is 41.5 Å². The molecule has 0 radical (unpaired) electrons. The SMILES string of the molecule is COc1cccc(-c2cccc(C3(C)N=C(N)c4ccccc4O3)c2)c1. The number of fused-ring (bicyclic) bond motifs is 1. The predicted octanol–water partition coefficient (Wildman–Crippen LogP) is 4.33. The Balaban J connectivity index is 1.76. The molecule has 1 unspecified atom stereocenters. The van der Waals surface area contributed by atoms with E-state index in [9.17, 15) is 0 Å². The lowest BCUT2D eigenvalue weighted by Crippen LogP contribution is -2.35. The first-order valence-electron chi connectivity index (χ1n) is 8.48. The molecule has 1 heterocycles. The first-order chi connectivity index (χ1) is 12.6. The Bertz CT molecular complexity index is 997. The average molecular weight is 344 g/mol. The van der Waals surface area contributed by atoms with Gasteiger partial charge in [0.1, 0.15) is 17.3 Å². The molecule has 4 rings (SSSR count). The molecule has 0 bridgehead atoms. The maximum Gasteiger partial charge on any atom is 0.225 e. The van der Waals surface area contributed by atoms with Crippen molar-refractivity contribution < 1.29 is 9.47 Å². The Hall–Kier alpha value is -3.27. The fourth-order valence-electron chi connectivity index (χ4n) is 3.21. The van der Waals surface area contributed by atoms with E-state index in [0.29, 0.717) is 5.84 Å². The molecule has 0 saturated heterocycles. The summed E-state index contributed by atoms with van der Waals surface area (Å²) in [5.74, 6) is 2.06. The van der Waals surface area contributed by atoms with Crippen molar-refractivity contribution in [3.05, 3.63) is 83.9 Å². The van der Waals surface area contributed by atoms with Crippen molar-refractivity contribution in [3.8, 4) is 22.6 Å². The van der Waals surface area contributed by atoms with Gasteiger partial charge in [0, 0.05) is 12.5 Å². The number of para-hydroxylation sites is 1. The summed E-state index contributed by atoms with van der Waals surface area (Å²) in [5, 5.41) is 0. The number of hydrogen-bond donors (Lipinski definition) is 1. The van der Waals surface area contributed by atoms with Gasteiger partial charge in [-0.15, -0.1) is 0 Å². The molecule has 0 aliphatic carbocycles. The van der Waals surface area contributed by atoms with Crippen LogP contribution in [0, 0.1) is 0 Å². The van der Waals surface area contributed by atoms with Gasteiger partial charge in [0.05, 0.1) is 12.7 Å². The predicted molar refractivity (Wildman–Crippen MR) is 104 cm³/mol. The lowest BCUT2D eigenvalue weighted by molar-refractivity contribution is 0.0927. The normalized spacial score (nSPS) is 18.5. The van der Waals surface area contributed by atoms with Crippen LogP contribution in [0.25, 0.3) is 11.1 Å². The van der Waals surface area contributed by atoms with Crippen LogP contribution < -0.4 is 15.2 Å². The second-order valence-corrected chi connectivity index (χ2v) is 6.39. The van der Waals surface area contributed by atoms with E-state index in [1.807, 2.05) is 61.5 Å². The highest BCUT2D eigenvalue weighted by molar-refractivity contribution is 6.01. The summed E-state index contributed by atoms with van der Waals surface area (Å²) in [6.45, 7) is 1.93. The van der Waals surface area contributed by atoms with Gasteiger partial charge in [-0.1, -0.05) is 42.5 Å². The van der Waals surface area contributed by atoms with Crippen molar-refractivity contribution in [2.75, 3.05) is 7.11 Å². The second-order valence-electron chi connectivity index (χ2n) is 6.39. The summed E-state index contributed by atoms with van der Waals surface area (Å²) in [7, 11) is 1.67. The van der Waals surface area contributed by atoms with Crippen LogP contribution in [0.3, 0.4) is 0 Å². The van der Waals surface area contributed by atoms with Crippen molar-refractivity contribution >= 4 is 5.84 Å². The summed E-state index contributed by atoms with van der Waals surface area (Å²) in [4.78, 5) is 4.64. The lowest BCUT2D eigenvalue weighted by atomic mass is 9.97. The summed E-state index contributed by atoms with van der Waals surface area (Å²) in [6, 6.07) is 23.8. The highest BCUT2D eigenvalue weighted by atomic mass is 16.5. The van der Waals surface area contributed by atoms with Crippen molar-refractivity contribution in [1.82, 2.24) is 0 Å². The van der Waals surface area contributed by atoms with E-state index in [1.54, 1.807) is 7.11 Å². The number of benzene rings is 3. The van der Waals surface area contributed by atoms with Crippen LogP contribution in [-0.4, -0.2) is 12.9 Å². The van der Waals surface area contributed by atoms with Gasteiger partial charge in [-0.2, -0.15) is 0 Å². The number of nitrogens with two attached hydrogens (primary N) is 1. The van der Waals surface area contributed by atoms with Crippen molar-refractivity contribution in [2.45, 2.75) is 12.6 Å². The van der Waals surface area contributed by atoms with Gasteiger partial charge in [0.2, 0.25) is 5.72 Å². The Morgan fingerprint density at radius 3 is 2.46 bits per heavy atom. The third-order valence-corrected chi connectivity index (χ3v) is 4.61. The molecule has 4 nitrogen and oxygen atoms in total. The van der Waals surface area contributed by atoms with Crippen LogP contribution in [0.15, 0.2) is 77.8 Å². The van der Waals surface area contributed by atoms with Crippen LogP contribution in [0.1, 0.15) is 18.1 Å². The Kier molecular flexibility index (Phi) is 3.88. The van der Waals surface area contributed by atoms with Crippen molar-refractivity contribution in [2.24, 2.45) is 10.7 Å². The molecule has 1 aliphatic rings. The molecule has 3 aromatic carbocycles. The van der Waals surface area contributed by atoms with E-state index in [0.717, 1.165) is 33.8 Å². The van der Waals surface area contributed by atoms with Gasteiger partial charge in [0.15, 0.2) is 0 Å². The molecule has 130 valence electrons. The minimum absolute atomic E-state index is 0.487. The zero-order chi connectivity index (χ0) is 18.1. The number of rotatable bonds is 3. The zero-order valence-electron chi connectivity index (χ0n) is 14.8. The molecule has 0 saturated carbocycles. The first kappa shape index (κ1) is 16.2. The minimum atomic E-state index is -0.868. The minimum Gasteiger partial charge on any atom is -0.497 e. The van der Waals surface area contributed by atoms with Gasteiger partial charge >= 0.3 is 0 Å². The average Bonchev–Trinajstić information content (AvgIpc) is 2.68. The van der Waals surface area contributed by atoms with E-state index in [-0.39, 0.29) is 0 Å².